The van der Waals surface area contributed by atoms with Gasteiger partial charge in [-0.15, -0.1) is 0 Å². The summed E-state index contributed by atoms with van der Waals surface area (Å²) >= 11 is 5.63. The van der Waals surface area contributed by atoms with Crippen LogP contribution in [0.15, 0.2) is 17.0 Å². The van der Waals surface area contributed by atoms with E-state index >= 15 is 0 Å². The zero-order valence-corrected chi connectivity index (χ0v) is 12.0. The number of sulfone groups is 1. The number of aliphatic hydroxyl groups is 1. The highest BCUT2D eigenvalue weighted by molar-refractivity contribution is 7.91. The summed E-state index contributed by atoms with van der Waals surface area (Å²) in [7, 11) is -3.95. The van der Waals surface area contributed by atoms with Crippen LogP contribution < -0.4 is 0 Å². The minimum Gasteiger partial charge on any atom is -0.478 e. The lowest BCUT2D eigenvalue weighted by Crippen LogP contribution is -2.12. The molecule has 0 atom stereocenters. The van der Waals surface area contributed by atoms with Crippen molar-refractivity contribution in [2.75, 3.05) is 12.4 Å². The number of rotatable bonds is 7. The second-order valence-corrected chi connectivity index (χ2v) is 6.69. The highest BCUT2D eigenvalue weighted by Crippen LogP contribution is 2.25. The van der Waals surface area contributed by atoms with Crippen molar-refractivity contribution in [2.45, 2.75) is 24.2 Å². The van der Waals surface area contributed by atoms with Crippen LogP contribution in [0.25, 0.3) is 0 Å². The lowest BCUT2D eigenvalue weighted by Gasteiger charge is -2.08. The molecule has 0 aliphatic rings. The van der Waals surface area contributed by atoms with Crippen molar-refractivity contribution in [3.05, 3.63) is 28.5 Å². The zero-order valence-electron chi connectivity index (χ0n) is 10.5. The van der Waals surface area contributed by atoms with Crippen molar-refractivity contribution in [1.29, 1.82) is 0 Å². The minimum absolute atomic E-state index is 0.0469. The molecule has 1 rings (SSSR count). The predicted octanol–water partition coefficient (Wildman–Crippen LogP) is 2.11. The van der Waals surface area contributed by atoms with Gasteiger partial charge >= 0.3 is 5.97 Å². The van der Waals surface area contributed by atoms with E-state index in [4.69, 9.17) is 21.8 Å². The van der Waals surface area contributed by atoms with Crippen molar-refractivity contribution in [1.82, 2.24) is 0 Å². The standard InChI is InChI=1S/C12H14ClFO5S/c13-8-6-9(12(16)17)11(14)10(7-8)20(18,19)5-3-1-2-4-15/h6-7,15H,1-5H2,(H,16,17). The molecule has 2 N–H and O–H groups in total. The third-order valence-corrected chi connectivity index (χ3v) is 4.65. The third kappa shape index (κ3) is 4.16. The van der Waals surface area contributed by atoms with Gasteiger partial charge in [-0.05, 0) is 25.0 Å². The maximum absolute atomic E-state index is 13.9. The molecule has 0 amide bonds. The number of carboxylic acids is 1. The first-order chi connectivity index (χ1) is 9.29. The molecule has 8 heteroatoms. The first-order valence-corrected chi connectivity index (χ1v) is 7.88. The maximum atomic E-state index is 13.9. The fraction of sp³-hybridized carbons (Fsp3) is 0.417. The van der Waals surface area contributed by atoms with Crippen LogP contribution in [0.1, 0.15) is 29.6 Å². The number of carbonyl (C=O) groups is 1. The average Bonchev–Trinajstić information content (AvgIpc) is 2.36. The second-order valence-electron chi connectivity index (χ2n) is 4.17. The summed E-state index contributed by atoms with van der Waals surface area (Å²) < 4.78 is 37.9. The Kier molecular flexibility index (Phi) is 5.91. The zero-order chi connectivity index (χ0) is 15.3. The van der Waals surface area contributed by atoms with Gasteiger partial charge < -0.3 is 10.2 Å². The lowest BCUT2D eigenvalue weighted by molar-refractivity contribution is 0.0691. The van der Waals surface area contributed by atoms with Gasteiger partial charge in [-0.25, -0.2) is 17.6 Å². The van der Waals surface area contributed by atoms with E-state index in [-0.39, 0.29) is 23.8 Å². The van der Waals surface area contributed by atoms with Crippen molar-refractivity contribution in [3.8, 4) is 0 Å². The van der Waals surface area contributed by atoms with Gasteiger partial charge in [0.25, 0.3) is 0 Å². The fourth-order valence-electron chi connectivity index (χ4n) is 1.64. The number of halogens is 2. The summed E-state index contributed by atoms with van der Waals surface area (Å²) in [5.74, 6) is -3.21. The molecule has 0 heterocycles. The molecule has 0 saturated heterocycles. The number of hydrogen-bond donors (Lipinski definition) is 2. The van der Waals surface area contributed by atoms with Crippen molar-refractivity contribution in [3.63, 3.8) is 0 Å². The molecule has 5 nitrogen and oxygen atoms in total. The Hall–Kier alpha value is -1.18. The molecule has 112 valence electrons. The molecule has 0 aromatic heterocycles. The van der Waals surface area contributed by atoms with Gasteiger partial charge in [0.2, 0.25) is 0 Å². The summed E-state index contributed by atoms with van der Waals surface area (Å²) in [6, 6.07) is 1.77. The number of aliphatic hydroxyl groups excluding tert-OH is 1. The van der Waals surface area contributed by atoms with Gasteiger partial charge in [0.1, 0.15) is 4.90 Å². The molecular formula is C12H14ClFO5S. The lowest BCUT2D eigenvalue weighted by atomic mass is 10.2. The summed E-state index contributed by atoms with van der Waals surface area (Å²) in [6.45, 7) is -0.0469. The molecule has 0 spiro atoms. The van der Waals surface area contributed by atoms with Gasteiger partial charge in [0.05, 0.1) is 11.3 Å². The molecule has 1 aromatic carbocycles. The predicted molar refractivity (Wildman–Crippen MR) is 71.4 cm³/mol. The average molecular weight is 325 g/mol. The second kappa shape index (κ2) is 7.01. The van der Waals surface area contributed by atoms with Crippen molar-refractivity contribution in [2.24, 2.45) is 0 Å². The molecule has 0 bridgehead atoms. The van der Waals surface area contributed by atoms with Gasteiger partial charge in [0.15, 0.2) is 15.7 Å². The SMILES string of the molecule is O=C(O)c1cc(Cl)cc(S(=O)(=O)CCCCCO)c1F. The monoisotopic (exact) mass is 324 g/mol. The normalized spacial score (nSPS) is 11.6. The van der Waals surface area contributed by atoms with Crippen LogP contribution in [0, 0.1) is 5.82 Å². The number of benzene rings is 1. The minimum atomic E-state index is -3.95. The van der Waals surface area contributed by atoms with Crippen LogP contribution in [-0.4, -0.2) is 37.0 Å². The van der Waals surface area contributed by atoms with E-state index in [0.717, 1.165) is 12.1 Å². The highest BCUT2D eigenvalue weighted by atomic mass is 35.5. The maximum Gasteiger partial charge on any atom is 0.338 e. The van der Waals surface area contributed by atoms with E-state index in [2.05, 4.69) is 0 Å². The van der Waals surface area contributed by atoms with Crippen molar-refractivity contribution >= 4 is 27.4 Å². The number of aromatic carboxylic acids is 1. The van der Waals surface area contributed by atoms with Gasteiger partial charge in [-0.1, -0.05) is 18.0 Å². The number of unbranched alkanes of at least 4 members (excludes halogenated alkanes) is 2. The van der Waals surface area contributed by atoms with Crippen LogP contribution in [0.5, 0.6) is 0 Å². The molecular weight excluding hydrogens is 311 g/mol. The molecule has 0 fully saturated rings. The number of carboxylic acid groups (broad SMARTS) is 1. The Morgan fingerprint density at radius 2 is 1.90 bits per heavy atom. The Balaban J connectivity index is 3.09. The van der Waals surface area contributed by atoms with Crippen molar-refractivity contribution < 1.29 is 27.8 Å². The largest absolute Gasteiger partial charge is 0.478 e. The highest BCUT2D eigenvalue weighted by Gasteiger charge is 2.24. The summed E-state index contributed by atoms with van der Waals surface area (Å²) in [5.41, 5.74) is -0.772. The van der Waals surface area contributed by atoms with E-state index in [1.165, 1.54) is 0 Å². The summed E-state index contributed by atoms with van der Waals surface area (Å²) in [5, 5.41) is 17.2. The Morgan fingerprint density at radius 3 is 2.45 bits per heavy atom. The molecule has 0 radical (unpaired) electrons. The molecule has 0 saturated carbocycles. The van der Waals surface area contributed by atoms with Crippen LogP contribution in [0.4, 0.5) is 4.39 Å². The van der Waals surface area contributed by atoms with Crippen LogP contribution >= 0.6 is 11.6 Å². The van der Waals surface area contributed by atoms with Gasteiger partial charge in [-0.2, -0.15) is 0 Å². The molecule has 0 aliphatic heterocycles. The molecule has 0 unspecified atom stereocenters. The number of hydrogen-bond acceptors (Lipinski definition) is 4. The fourth-order valence-corrected chi connectivity index (χ4v) is 3.41. The molecule has 1 aromatic rings. The van der Waals surface area contributed by atoms with Crippen LogP contribution in [-0.2, 0) is 9.84 Å². The molecule has 0 aliphatic carbocycles. The Labute approximate surface area is 120 Å². The van der Waals surface area contributed by atoms with Gasteiger partial charge in [0, 0.05) is 11.6 Å². The Bertz CT molecular complexity index is 600. The topological polar surface area (TPSA) is 91.7 Å². The van der Waals surface area contributed by atoms with E-state index < -0.39 is 32.1 Å². The van der Waals surface area contributed by atoms with Crippen LogP contribution in [0.3, 0.4) is 0 Å². The Morgan fingerprint density at radius 1 is 1.25 bits per heavy atom. The first-order valence-electron chi connectivity index (χ1n) is 5.85. The van der Waals surface area contributed by atoms with Crippen LogP contribution in [0.2, 0.25) is 5.02 Å². The summed E-state index contributed by atoms with van der Waals surface area (Å²) in [6.07, 6.45) is 1.18. The van der Waals surface area contributed by atoms with E-state index in [1.54, 1.807) is 0 Å². The third-order valence-electron chi connectivity index (χ3n) is 2.64. The molecule has 20 heavy (non-hydrogen) atoms. The first kappa shape index (κ1) is 16.9. The van der Waals surface area contributed by atoms with E-state index in [1.807, 2.05) is 0 Å². The van der Waals surface area contributed by atoms with E-state index in [0.29, 0.717) is 12.8 Å². The quantitative estimate of drug-likeness (QED) is 0.749. The van der Waals surface area contributed by atoms with E-state index in [9.17, 15) is 17.6 Å². The van der Waals surface area contributed by atoms with Gasteiger partial charge in [-0.3, -0.25) is 0 Å². The summed E-state index contributed by atoms with van der Waals surface area (Å²) in [4.78, 5) is 10.1. The smallest absolute Gasteiger partial charge is 0.338 e.